The zero-order chi connectivity index (χ0) is 14.5. The van der Waals surface area contributed by atoms with E-state index < -0.39 is 0 Å². The number of carbonyl (C=O) groups is 1. The fourth-order valence-corrected chi connectivity index (χ4v) is 3.06. The van der Waals surface area contributed by atoms with E-state index in [0.717, 1.165) is 30.2 Å². The molecule has 0 spiro atoms. The van der Waals surface area contributed by atoms with Crippen LogP contribution < -0.4 is 10.1 Å². The summed E-state index contributed by atoms with van der Waals surface area (Å²) in [5.41, 5.74) is 0.526. The van der Waals surface area contributed by atoms with Crippen molar-refractivity contribution >= 4 is 21.8 Å². The van der Waals surface area contributed by atoms with E-state index in [9.17, 15) is 9.90 Å². The van der Waals surface area contributed by atoms with Crippen molar-refractivity contribution in [3.8, 4) is 5.75 Å². The second-order valence-corrected chi connectivity index (χ2v) is 6.07. The Morgan fingerprint density at radius 1 is 1.45 bits per heavy atom. The molecule has 4 nitrogen and oxygen atoms in total. The number of halogens is 1. The lowest BCUT2D eigenvalue weighted by atomic mass is 9.85. The minimum atomic E-state index is -0.139. The molecular weight excluding hydrogens is 322 g/mol. The Bertz CT molecular complexity index is 478. The normalized spacial score (nSPS) is 22.4. The van der Waals surface area contributed by atoms with Crippen LogP contribution in [0.2, 0.25) is 0 Å². The molecule has 5 heteroatoms. The van der Waals surface area contributed by atoms with E-state index in [1.54, 1.807) is 19.2 Å². The van der Waals surface area contributed by atoms with Gasteiger partial charge in [-0.1, -0.05) is 28.8 Å². The standard InChI is InChI=1S/C15H20BrNO3/c1-20-14-8-11(16)6-7-12(14)15(19)17-13-5-3-2-4-10(13)9-18/h6-8,10,13,18H,2-5,9H2,1H3,(H,17,19). The zero-order valence-electron chi connectivity index (χ0n) is 11.6. The maximum absolute atomic E-state index is 12.4. The maximum Gasteiger partial charge on any atom is 0.255 e. The number of benzene rings is 1. The molecule has 1 amide bonds. The third kappa shape index (κ3) is 3.52. The van der Waals surface area contributed by atoms with Gasteiger partial charge in [-0.05, 0) is 31.0 Å². The van der Waals surface area contributed by atoms with Crippen LogP contribution in [0.4, 0.5) is 0 Å². The number of ether oxygens (including phenoxy) is 1. The third-order valence-electron chi connectivity index (χ3n) is 3.87. The SMILES string of the molecule is COc1cc(Br)ccc1C(=O)NC1CCCCC1CO. The van der Waals surface area contributed by atoms with Gasteiger partial charge in [0.15, 0.2) is 0 Å². The Hall–Kier alpha value is -1.07. The first-order valence-electron chi connectivity index (χ1n) is 6.91. The van der Waals surface area contributed by atoms with E-state index in [1.165, 1.54) is 0 Å². The predicted octanol–water partition coefficient (Wildman–Crippen LogP) is 2.74. The molecule has 1 fully saturated rings. The lowest BCUT2D eigenvalue weighted by molar-refractivity contribution is 0.0869. The molecule has 110 valence electrons. The van der Waals surface area contributed by atoms with Gasteiger partial charge in [-0.3, -0.25) is 4.79 Å². The number of hydrogen-bond acceptors (Lipinski definition) is 3. The first-order chi connectivity index (χ1) is 9.65. The van der Waals surface area contributed by atoms with Gasteiger partial charge in [0.2, 0.25) is 0 Å². The van der Waals surface area contributed by atoms with Crippen LogP contribution in [0.1, 0.15) is 36.0 Å². The van der Waals surface area contributed by atoms with Gasteiger partial charge in [0.25, 0.3) is 5.91 Å². The van der Waals surface area contributed by atoms with Crippen molar-refractivity contribution in [1.29, 1.82) is 0 Å². The number of amides is 1. The van der Waals surface area contributed by atoms with Crippen LogP contribution in [-0.2, 0) is 0 Å². The molecule has 2 unspecified atom stereocenters. The van der Waals surface area contributed by atoms with E-state index in [4.69, 9.17) is 4.74 Å². The Balaban J connectivity index is 2.11. The number of nitrogens with one attached hydrogen (secondary N) is 1. The van der Waals surface area contributed by atoms with Crippen LogP contribution >= 0.6 is 15.9 Å². The average molecular weight is 342 g/mol. The Morgan fingerprint density at radius 2 is 2.20 bits per heavy atom. The third-order valence-corrected chi connectivity index (χ3v) is 4.36. The molecule has 2 atom stereocenters. The van der Waals surface area contributed by atoms with Crippen molar-refractivity contribution in [2.75, 3.05) is 13.7 Å². The lowest BCUT2D eigenvalue weighted by Crippen LogP contribution is -2.43. The Labute approximate surface area is 127 Å². The first-order valence-corrected chi connectivity index (χ1v) is 7.70. The molecule has 0 saturated heterocycles. The van der Waals surface area contributed by atoms with Gasteiger partial charge in [-0.25, -0.2) is 0 Å². The summed E-state index contributed by atoms with van der Waals surface area (Å²) >= 11 is 3.36. The van der Waals surface area contributed by atoms with Crippen LogP contribution in [-0.4, -0.2) is 30.8 Å². The van der Waals surface area contributed by atoms with Crippen LogP contribution in [0.15, 0.2) is 22.7 Å². The molecule has 0 heterocycles. The van der Waals surface area contributed by atoms with E-state index in [1.807, 2.05) is 6.07 Å². The van der Waals surface area contributed by atoms with Gasteiger partial charge >= 0.3 is 0 Å². The largest absolute Gasteiger partial charge is 0.496 e. The maximum atomic E-state index is 12.4. The molecule has 1 saturated carbocycles. The molecule has 0 aromatic heterocycles. The molecule has 1 aliphatic rings. The summed E-state index contributed by atoms with van der Waals surface area (Å²) in [6, 6.07) is 5.39. The summed E-state index contributed by atoms with van der Waals surface area (Å²) in [6.07, 6.45) is 4.12. The van der Waals surface area contributed by atoms with E-state index in [-0.39, 0.29) is 24.5 Å². The summed E-state index contributed by atoms with van der Waals surface area (Å²) in [4.78, 5) is 12.4. The van der Waals surface area contributed by atoms with Gasteiger partial charge in [0.05, 0.1) is 12.7 Å². The monoisotopic (exact) mass is 341 g/mol. The number of methoxy groups -OCH3 is 1. The van der Waals surface area contributed by atoms with E-state index in [2.05, 4.69) is 21.2 Å². The topological polar surface area (TPSA) is 58.6 Å². The number of aliphatic hydroxyl groups excluding tert-OH is 1. The quantitative estimate of drug-likeness (QED) is 0.885. The van der Waals surface area contributed by atoms with Crippen molar-refractivity contribution in [3.05, 3.63) is 28.2 Å². The highest BCUT2D eigenvalue weighted by Crippen LogP contribution is 2.26. The molecule has 0 aliphatic heterocycles. The minimum absolute atomic E-state index is 0.0506. The van der Waals surface area contributed by atoms with Gasteiger partial charge < -0.3 is 15.2 Å². The van der Waals surface area contributed by atoms with Crippen molar-refractivity contribution in [3.63, 3.8) is 0 Å². The summed E-state index contributed by atoms with van der Waals surface area (Å²) in [5, 5.41) is 12.4. The molecule has 0 bridgehead atoms. The second kappa shape index (κ2) is 7.09. The molecular formula is C15H20BrNO3. The summed E-state index contributed by atoms with van der Waals surface area (Å²) in [7, 11) is 1.55. The smallest absolute Gasteiger partial charge is 0.255 e. The number of hydrogen-bond donors (Lipinski definition) is 2. The van der Waals surface area contributed by atoms with Crippen molar-refractivity contribution in [1.82, 2.24) is 5.32 Å². The van der Waals surface area contributed by atoms with Crippen LogP contribution in [0, 0.1) is 5.92 Å². The highest BCUT2D eigenvalue weighted by Gasteiger charge is 2.26. The lowest BCUT2D eigenvalue weighted by Gasteiger charge is -2.31. The molecule has 1 aliphatic carbocycles. The molecule has 1 aromatic carbocycles. The molecule has 2 rings (SSSR count). The first kappa shape index (κ1) is 15.3. The summed E-state index contributed by atoms with van der Waals surface area (Å²) in [5.74, 6) is 0.571. The van der Waals surface area contributed by atoms with Gasteiger partial charge in [-0.15, -0.1) is 0 Å². The summed E-state index contributed by atoms with van der Waals surface area (Å²) in [6.45, 7) is 0.127. The van der Waals surface area contributed by atoms with E-state index >= 15 is 0 Å². The fourth-order valence-electron chi connectivity index (χ4n) is 2.71. The van der Waals surface area contributed by atoms with Crippen LogP contribution in [0.25, 0.3) is 0 Å². The predicted molar refractivity (Wildman–Crippen MR) is 81.0 cm³/mol. The fraction of sp³-hybridized carbons (Fsp3) is 0.533. The Morgan fingerprint density at radius 3 is 2.90 bits per heavy atom. The van der Waals surface area contributed by atoms with Gasteiger partial charge in [0, 0.05) is 23.0 Å². The summed E-state index contributed by atoms with van der Waals surface area (Å²) < 4.78 is 6.12. The van der Waals surface area contributed by atoms with Crippen molar-refractivity contribution in [2.45, 2.75) is 31.7 Å². The average Bonchev–Trinajstić information content (AvgIpc) is 2.47. The van der Waals surface area contributed by atoms with Crippen LogP contribution in [0.3, 0.4) is 0 Å². The highest BCUT2D eigenvalue weighted by molar-refractivity contribution is 9.10. The highest BCUT2D eigenvalue weighted by atomic mass is 79.9. The zero-order valence-corrected chi connectivity index (χ0v) is 13.1. The number of carbonyl (C=O) groups excluding carboxylic acids is 1. The molecule has 20 heavy (non-hydrogen) atoms. The molecule has 2 N–H and O–H groups in total. The second-order valence-electron chi connectivity index (χ2n) is 5.15. The molecule has 1 aromatic rings. The van der Waals surface area contributed by atoms with E-state index in [0.29, 0.717) is 11.3 Å². The number of rotatable bonds is 4. The van der Waals surface area contributed by atoms with Crippen molar-refractivity contribution in [2.24, 2.45) is 5.92 Å². The number of aliphatic hydroxyl groups is 1. The van der Waals surface area contributed by atoms with Crippen molar-refractivity contribution < 1.29 is 14.6 Å². The minimum Gasteiger partial charge on any atom is -0.496 e. The van der Waals surface area contributed by atoms with Gasteiger partial charge in [0.1, 0.15) is 5.75 Å². The molecule has 0 radical (unpaired) electrons. The Kier molecular flexibility index (Phi) is 5.43. The van der Waals surface area contributed by atoms with Crippen LogP contribution in [0.5, 0.6) is 5.75 Å². The van der Waals surface area contributed by atoms with Gasteiger partial charge in [-0.2, -0.15) is 0 Å².